The van der Waals surface area contributed by atoms with Crippen molar-refractivity contribution >= 4 is 27.3 Å². The normalized spacial score (nSPS) is 16.4. The standard InChI is InChI=1S/C25H29N3O3S2/c29-24(26-25(23-12-7-19-32-23)22-10-5-2-6-11-22)13-14-27-15-17-28(18-16-27)33(30,31)20-21-8-3-1-4-9-21/h1-12,19,25H,13-18,20H2,(H,26,29). The average Bonchev–Trinajstić information content (AvgIpc) is 3.37. The molecule has 33 heavy (non-hydrogen) atoms. The van der Waals surface area contributed by atoms with E-state index in [-0.39, 0.29) is 17.7 Å². The fourth-order valence-corrected chi connectivity index (χ4v) is 6.34. The number of hydrogen-bond donors (Lipinski definition) is 1. The second-order valence-electron chi connectivity index (χ2n) is 8.16. The maximum absolute atomic E-state index is 12.8. The minimum absolute atomic E-state index is 0.00335. The summed E-state index contributed by atoms with van der Waals surface area (Å²) in [6, 6.07) is 23.1. The smallest absolute Gasteiger partial charge is 0.222 e. The van der Waals surface area contributed by atoms with Gasteiger partial charge in [0, 0.05) is 44.0 Å². The molecule has 3 aromatic rings. The highest BCUT2D eigenvalue weighted by molar-refractivity contribution is 7.88. The topological polar surface area (TPSA) is 69.7 Å². The van der Waals surface area contributed by atoms with E-state index in [0.717, 1.165) is 16.0 Å². The van der Waals surface area contributed by atoms with Gasteiger partial charge in [-0.05, 0) is 22.6 Å². The number of carbonyl (C=O) groups is 1. The molecule has 0 spiro atoms. The molecule has 1 unspecified atom stereocenters. The van der Waals surface area contributed by atoms with Gasteiger partial charge in [-0.25, -0.2) is 8.42 Å². The van der Waals surface area contributed by atoms with Gasteiger partial charge < -0.3 is 10.2 Å². The molecular weight excluding hydrogens is 454 g/mol. The van der Waals surface area contributed by atoms with E-state index in [4.69, 9.17) is 0 Å². The first-order valence-corrected chi connectivity index (χ1v) is 13.6. The van der Waals surface area contributed by atoms with E-state index in [0.29, 0.717) is 39.1 Å². The first-order chi connectivity index (χ1) is 16.0. The van der Waals surface area contributed by atoms with Crippen LogP contribution in [0.15, 0.2) is 78.2 Å². The van der Waals surface area contributed by atoms with Gasteiger partial charge in [0.1, 0.15) is 0 Å². The van der Waals surface area contributed by atoms with Crippen LogP contribution in [-0.2, 0) is 20.6 Å². The zero-order chi connectivity index (χ0) is 23.1. The van der Waals surface area contributed by atoms with Crippen LogP contribution >= 0.6 is 11.3 Å². The predicted octanol–water partition coefficient (Wildman–Crippen LogP) is 3.49. The number of sulfonamides is 1. The van der Waals surface area contributed by atoms with Crippen molar-refractivity contribution in [3.8, 4) is 0 Å². The molecule has 1 atom stereocenters. The lowest BCUT2D eigenvalue weighted by Gasteiger charge is -2.34. The third kappa shape index (κ3) is 6.51. The van der Waals surface area contributed by atoms with Crippen LogP contribution in [0.3, 0.4) is 0 Å². The van der Waals surface area contributed by atoms with Crippen LogP contribution in [-0.4, -0.2) is 56.3 Å². The third-order valence-corrected chi connectivity index (χ3v) is 8.62. The van der Waals surface area contributed by atoms with Crippen molar-refractivity contribution in [2.75, 3.05) is 32.7 Å². The Morgan fingerprint density at radius 2 is 1.58 bits per heavy atom. The van der Waals surface area contributed by atoms with E-state index in [9.17, 15) is 13.2 Å². The van der Waals surface area contributed by atoms with E-state index in [2.05, 4.69) is 10.2 Å². The summed E-state index contributed by atoms with van der Waals surface area (Å²) in [6.45, 7) is 2.80. The SMILES string of the molecule is O=C(CCN1CCN(S(=O)(=O)Cc2ccccc2)CC1)NC(c1ccccc1)c1cccs1. The van der Waals surface area contributed by atoms with Gasteiger partial charge in [0.05, 0.1) is 11.8 Å². The summed E-state index contributed by atoms with van der Waals surface area (Å²) in [7, 11) is -3.33. The van der Waals surface area contributed by atoms with E-state index >= 15 is 0 Å². The number of rotatable bonds is 9. The molecule has 6 nitrogen and oxygen atoms in total. The quantitative estimate of drug-likeness (QED) is 0.506. The average molecular weight is 484 g/mol. The molecule has 174 valence electrons. The molecular formula is C25H29N3O3S2. The third-order valence-electron chi connectivity index (χ3n) is 5.84. The van der Waals surface area contributed by atoms with Crippen molar-refractivity contribution in [3.63, 3.8) is 0 Å². The van der Waals surface area contributed by atoms with Crippen LogP contribution in [0.5, 0.6) is 0 Å². The predicted molar refractivity (Wildman–Crippen MR) is 132 cm³/mol. The molecule has 1 aliphatic rings. The van der Waals surface area contributed by atoms with Gasteiger partial charge in [-0.2, -0.15) is 4.31 Å². The summed E-state index contributed by atoms with van der Waals surface area (Å²) < 4.78 is 27.0. The maximum atomic E-state index is 12.8. The van der Waals surface area contributed by atoms with Gasteiger partial charge in [-0.1, -0.05) is 66.7 Å². The summed E-state index contributed by atoms with van der Waals surface area (Å²) in [5, 5.41) is 5.19. The molecule has 1 aliphatic heterocycles. The van der Waals surface area contributed by atoms with E-state index in [1.807, 2.05) is 78.2 Å². The summed E-state index contributed by atoms with van der Waals surface area (Å²) >= 11 is 1.63. The lowest BCUT2D eigenvalue weighted by molar-refractivity contribution is -0.122. The van der Waals surface area contributed by atoms with Gasteiger partial charge in [0.2, 0.25) is 15.9 Å². The molecule has 0 bridgehead atoms. The first kappa shape index (κ1) is 23.6. The molecule has 0 aliphatic carbocycles. The molecule has 0 radical (unpaired) electrons. The fraction of sp³-hybridized carbons (Fsp3) is 0.320. The number of benzene rings is 2. The van der Waals surface area contributed by atoms with Crippen molar-refractivity contribution in [1.82, 2.24) is 14.5 Å². The Morgan fingerprint density at radius 1 is 0.909 bits per heavy atom. The number of amides is 1. The summed E-state index contributed by atoms with van der Waals surface area (Å²) in [4.78, 5) is 16.0. The van der Waals surface area contributed by atoms with Gasteiger partial charge in [-0.15, -0.1) is 11.3 Å². The highest BCUT2D eigenvalue weighted by Gasteiger charge is 2.27. The molecule has 1 fully saturated rings. The van der Waals surface area contributed by atoms with Crippen molar-refractivity contribution in [1.29, 1.82) is 0 Å². The van der Waals surface area contributed by atoms with Gasteiger partial charge in [0.25, 0.3) is 0 Å². The van der Waals surface area contributed by atoms with Crippen LogP contribution in [0.25, 0.3) is 0 Å². The lowest BCUT2D eigenvalue weighted by atomic mass is 10.1. The van der Waals surface area contributed by atoms with Gasteiger partial charge in [-0.3, -0.25) is 4.79 Å². The van der Waals surface area contributed by atoms with Crippen LogP contribution in [0, 0.1) is 0 Å². The van der Waals surface area contributed by atoms with Crippen LogP contribution in [0.1, 0.15) is 28.5 Å². The molecule has 1 N–H and O–H groups in total. The van der Waals surface area contributed by atoms with E-state index < -0.39 is 10.0 Å². The molecule has 1 amide bonds. The Morgan fingerprint density at radius 3 is 2.21 bits per heavy atom. The second kappa shape index (κ2) is 11.1. The van der Waals surface area contributed by atoms with Gasteiger partial charge >= 0.3 is 0 Å². The van der Waals surface area contributed by atoms with Gasteiger partial charge in [0.15, 0.2) is 0 Å². The zero-order valence-corrected chi connectivity index (χ0v) is 20.1. The molecule has 0 saturated carbocycles. The highest BCUT2D eigenvalue weighted by atomic mass is 32.2. The zero-order valence-electron chi connectivity index (χ0n) is 18.5. The Bertz CT molecular complexity index is 1110. The van der Waals surface area contributed by atoms with Crippen LogP contribution in [0.4, 0.5) is 0 Å². The summed E-state index contributed by atoms with van der Waals surface area (Å²) in [5.74, 6) is 0.0243. The number of thiophene rings is 1. The van der Waals surface area contributed by atoms with Crippen molar-refractivity contribution in [2.45, 2.75) is 18.2 Å². The molecule has 8 heteroatoms. The monoisotopic (exact) mass is 483 g/mol. The fourth-order valence-electron chi connectivity index (χ4n) is 4.02. The number of carbonyl (C=O) groups excluding carboxylic acids is 1. The Balaban J connectivity index is 1.26. The first-order valence-electron chi connectivity index (χ1n) is 11.1. The van der Waals surface area contributed by atoms with E-state index in [1.165, 1.54) is 0 Å². The maximum Gasteiger partial charge on any atom is 0.222 e. The van der Waals surface area contributed by atoms with Crippen LogP contribution < -0.4 is 5.32 Å². The number of hydrogen-bond acceptors (Lipinski definition) is 5. The molecule has 4 rings (SSSR count). The number of nitrogens with zero attached hydrogens (tertiary/aromatic N) is 2. The van der Waals surface area contributed by atoms with E-state index in [1.54, 1.807) is 15.6 Å². The highest BCUT2D eigenvalue weighted by Crippen LogP contribution is 2.26. The summed E-state index contributed by atoms with van der Waals surface area (Å²) in [6.07, 6.45) is 0.380. The van der Waals surface area contributed by atoms with Crippen molar-refractivity contribution < 1.29 is 13.2 Å². The second-order valence-corrected chi connectivity index (χ2v) is 11.1. The van der Waals surface area contributed by atoms with Crippen molar-refractivity contribution in [2.24, 2.45) is 0 Å². The Hall–Kier alpha value is -2.52. The number of piperazine rings is 1. The summed E-state index contributed by atoms with van der Waals surface area (Å²) in [5.41, 5.74) is 1.86. The van der Waals surface area contributed by atoms with Crippen molar-refractivity contribution in [3.05, 3.63) is 94.2 Å². The Kier molecular flexibility index (Phi) is 7.93. The molecule has 1 aromatic heterocycles. The Labute approximate surface area is 199 Å². The number of nitrogens with one attached hydrogen (secondary N) is 1. The minimum atomic E-state index is -3.33. The largest absolute Gasteiger partial charge is 0.344 e. The minimum Gasteiger partial charge on any atom is -0.344 e. The lowest BCUT2D eigenvalue weighted by Crippen LogP contribution is -2.49. The molecule has 2 heterocycles. The molecule has 2 aromatic carbocycles. The van der Waals surface area contributed by atoms with Crippen LogP contribution in [0.2, 0.25) is 0 Å². The molecule has 1 saturated heterocycles.